The minimum atomic E-state index is -0.182. The Morgan fingerprint density at radius 1 is 1.57 bits per heavy atom. The number of nitrogens with zero attached hydrogens (tertiary/aromatic N) is 2. The topological polar surface area (TPSA) is 50.7 Å². The summed E-state index contributed by atoms with van der Waals surface area (Å²) in [5.74, 6) is 0. The minimum Gasteiger partial charge on any atom is -0.316 e. The summed E-state index contributed by atoms with van der Waals surface area (Å²) in [4.78, 5) is 11.5. The fraction of sp³-hybridized carbons (Fsp3) is 0.200. The first-order chi connectivity index (χ1) is 6.66. The number of hydrogen-bond acceptors (Lipinski definition) is 2. The summed E-state index contributed by atoms with van der Waals surface area (Å²) >= 11 is 0. The Bertz CT molecular complexity index is 562. The molecular formula is C10H11N3O. The van der Waals surface area contributed by atoms with Crippen LogP contribution < -0.4 is 5.56 Å². The second-order valence-electron chi connectivity index (χ2n) is 3.22. The van der Waals surface area contributed by atoms with Crippen LogP contribution in [0.2, 0.25) is 0 Å². The molecule has 0 radical (unpaired) electrons. The minimum absolute atomic E-state index is 0.182. The van der Waals surface area contributed by atoms with Crippen LogP contribution in [-0.4, -0.2) is 14.8 Å². The Labute approximate surface area is 80.9 Å². The Morgan fingerprint density at radius 2 is 2.29 bits per heavy atom. The zero-order valence-electron chi connectivity index (χ0n) is 8.16. The summed E-state index contributed by atoms with van der Waals surface area (Å²) in [7, 11) is 0. The van der Waals surface area contributed by atoms with E-state index in [0.717, 1.165) is 16.6 Å². The number of aromatic amines is 1. The lowest BCUT2D eigenvalue weighted by molar-refractivity contribution is 0.995. The molecule has 72 valence electrons. The van der Waals surface area contributed by atoms with Crippen LogP contribution >= 0.6 is 0 Å². The van der Waals surface area contributed by atoms with Crippen molar-refractivity contribution in [2.24, 2.45) is 0 Å². The van der Waals surface area contributed by atoms with Crippen LogP contribution in [0.1, 0.15) is 11.3 Å². The van der Waals surface area contributed by atoms with Crippen molar-refractivity contribution in [1.82, 2.24) is 14.8 Å². The Hall–Kier alpha value is -1.84. The Morgan fingerprint density at radius 3 is 2.93 bits per heavy atom. The molecule has 4 heteroatoms. The van der Waals surface area contributed by atoms with Crippen LogP contribution in [0.3, 0.4) is 0 Å². The molecule has 0 aromatic carbocycles. The summed E-state index contributed by atoms with van der Waals surface area (Å²) < 4.78 is 1.78. The molecule has 0 aliphatic carbocycles. The van der Waals surface area contributed by atoms with Gasteiger partial charge in [0.15, 0.2) is 0 Å². The predicted molar refractivity (Wildman–Crippen MR) is 56.2 cm³/mol. The Kier molecular flexibility index (Phi) is 1.77. The lowest BCUT2D eigenvalue weighted by Crippen LogP contribution is -2.10. The molecular weight excluding hydrogens is 178 g/mol. The summed E-state index contributed by atoms with van der Waals surface area (Å²) in [6, 6.07) is 0. The number of nitrogens with one attached hydrogen (secondary N) is 1. The molecule has 2 aromatic rings. The van der Waals surface area contributed by atoms with Gasteiger partial charge in [0.25, 0.3) is 5.56 Å². The third-order valence-electron chi connectivity index (χ3n) is 2.56. The summed E-state index contributed by atoms with van der Waals surface area (Å²) in [5.41, 5.74) is 2.52. The van der Waals surface area contributed by atoms with E-state index in [9.17, 15) is 4.79 Å². The molecule has 0 saturated heterocycles. The van der Waals surface area contributed by atoms with E-state index < -0.39 is 0 Å². The van der Waals surface area contributed by atoms with Gasteiger partial charge in [0, 0.05) is 17.3 Å². The van der Waals surface area contributed by atoms with Crippen molar-refractivity contribution in [2.45, 2.75) is 13.8 Å². The van der Waals surface area contributed by atoms with E-state index in [0.29, 0.717) is 5.52 Å². The first kappa shape index (κ1) is 8.74. The number of rotatable bonds is 1. The highest BCUT2D eigenvalue weighted by atomic mass is 16.1. The van der Waals surface area contributed by atoms with Gasteiger partial charge in [-0.05, 0) is 19.4 Å². The summed E-state index contributed by atoms with van der Waals surface area (Å²) in [5, 5.41) is 7.07. The van der Waals surface area contributed by atoms with Crippen molar-refractivity contribution in [3.8, 4) is 0 Å². The lowest BCUT2D eigenvalue weighted by Gasteiger charge is -1.97. The van der Waals surface area contributed by atoms with Crippen molar-refractivity contribution in [2.75, 3.05) is 0 Å². The van der Waals surface area contributed by atoms with Gasteiger partial charge >= 0.3 is 0 Å². The number of aryl methyl sites for hydroxylation is 1. The van der Waals surface area contributed by atoms with E-state index in [1.54, 1.807) is 17.0 Å². The second-order valence-corrected chi connectivity index (χ2v) is 3.22. The second kappa shape index (κ2) is 2.83. The fourth-order valence-corrected chi connectivity index (χ4v) is 1.68. The van der Waals surface area contributed by atoms with Gasteiger partial charge in [0.05, 0.1) is 6.20 Å². The van der Waals surface area contributed by atoms with Crippen molar-refractivity contribution in [3.05, 3.63) is 34.4 Å². The van der Waals surface area contributed by atoms with Crippen molar-refractivity contribution in [1.29, 1.82) is 0 Å². The third kappa shape index (κ3) is 0.937. The first-order valence-corrected chi connectivity index (χ1v) is 4.34. The molecule has 0 amide bonds. The van der Waals surface area contributed by atoms with Gasteiger partial charge in [-0.15, -0.1) is 0 Å². The zero-order valence-corrected chi connectivity index (χ0v) is 8.16. The smallest absolute Gasteiger partial charge is 0.289 e. The van der Waals surface area contributed by atoms with E-state index in [2.05, 4.69) is 16.8 Å². The van der Waals surface area contributed by atoms with Crippen molar-refractivity contribution in [3.63, 3.8) is 0 Å². The predicted octanol–water partition coefficient (Wildman–Crippen LogP) is 1.44. The van der Waals surface area contributed by atoms with Crippen LogP contribution in [0.25, 0.3) is 17.1 Å². The molecule has 0 aliphatic rings. The van der Waals surface area contributed by atoms with E-state index in [-0.39, 0.29) is 5.56 Å². The van der Waals surface area contributed by atoms with E-state index >= 15 is 0 Å². The molecule has 4 nitrogen and oxygen atoms in total. The summed E-state index contributed by atoms with van der Waals surface area (Å²) in [6.45, 7) is 7.61. The average molecular weight is 189 g/mol. The number of aromatic nitrogens is 3. The monoisotopic (exact) mass is 189 g/mol. The molecule has 0 unspecified atom stereocenters. The van der Waals surface area contributed by atoms with Crippen LogP contribution in [-0.2, 0) is 0 Å². The van der Waals surface area contributed by atoms with E-state index in [1.807, 2.05) is 13.8 Å². The largest absolute Gasteiger partial charge is 0.316 e. The number of fused-ring (bicyclic) bond motifs is 1. The number of hydrogen-bond donors (Lipinski definition) is 1. The van der Waals surface area contributed by atoms with E-state index in [4.69, 9.17) is 0 Å². The van der Waals surface area contributed by atoms with Gasteiger partial charge in [-0.3, -0.25) is 4.79 Å². The quantitative estimate of drug-likeness (QED) is 0.738. The first-order valence-electron chi connectivity index (χ1n) is 4.34. The fourth-order valence-electron chi connectivity index (χ4n) is 1.68. The molecule has 2 heterocycles. The molecule has 0 saturated carbocycles. The van der Waals surface area contributed by atoms with Crippen molar-refractivity contribution < 1.29 is 0 Å². The van der Waals surface area contributed by atoms with Gasteiger partial charge in [-0.25, -0.2) is 5.10 Å². The highest BCUT2D eigenvalue weighted by Gasteiger charge is 2.11. The van der Waals surface area contributed by atoms with Crippen LogP contribution in [0.4, 0.5) is 0 Å². The van der Waals surface area contributed by atoms with Crippen LogP contribution in [0, 0.1) is 13.8 Å². The summed E-state index contributed by atoms with van der Waals surface area (Å²) in [6.07, 6.45) is 3.30. The van der Waals surface area contributed by atoms with E-state index in [1.165, 1.54) is 0 Å². The highest BCUT2D eigenvalue weighted by molar-refractivity contribution is 5.85. The zero-order chi connectivity index (χ0) is 10.3. The molecule has 14 heavy (non-hydrogen) atoms. The normalized spacial score (nSPS) is 10.7. The maximum absolute atomic E-state index is 11.5. The van der Waals surface area contributed by atoms with Gasteiger partial charge in [0.1, 0.15) is 5.52 Å². The molecule has 0 atom stereocenters. The molecule has 0 spiro atoms. The molecule has 1 N–H and O–H groups in total. The van der Waals surface area contributed by atoms with Gasteiger partial charge < -0.3 is 4.57 Å². The maximum Gasteiger partial charge on any atom is 0.289 e. The lowest BCUT2D eigenvalue weighted by atomic mass is 10.2. The van der Waals surface area contributed by atoms with Gasteiger partial charge in [0.2, 0.25) is 0 Å². The molecule has 2 aromatic heterocycles. The molecule has 2 rings (SSSR count). The SMILES string of the molecule is C=Cn1c(C)c(C)c2cn[nH]c(=O)c21. The standard InChI is InChI=1S/C10H11N3O/c1-4-13-7(3)6(2)8-5-11-12-10(14)9(8)13/h4-5H,1H2,2-3H3,(H,12,14). The van der Waals surface area contributed by atoms with Gasteiger partial charge in [-0.2, -0.15) is 5.10 Å². The number of H-pyrrole nitrogens is 1. The molecule has 0 bridgehead atoms. The Balaban J connectivity index is 3.12. The van der Waals surface area contributed by atoms with Crippen LogP contribution in [0.15, 0.2) is 17.6 Å². The average Bonchev–Trinajstić information content (AvgIpc) is 2.43. The highest BCUT2D eigenvalue weighted by Crippen LogP contribution is 2.21. The third-order valence-corrected chi connectivity index (χ3v) is 2.56. The molecule has 0 aliphatic heterocycles. The van der Waals surface area contributed by atoms with Crippen LogP contribution in [0.5, 0.6) is 0 Å². The van der Waals surface area contributed by atoms with Crippen molar-refractivity contribution >= 4 is 17.1 Å². The van der Waals surface area contributed by atoms with Gasteiger partial charge in [-0.1, -0.05) is 6.58 Å². The molecule has 0 fully saturated rings. The maximum atomic E-state index is 11.5.